The highest BCUT2D eigenvalue weighted by Crippen LogP contribution is 2.23. The summed E-state index contributed by atoms with van der Waals surface area (Å²) in [5.74, 6) is -0.962. The summed E-state index contributed by atoms with van der Waals surface area (Å²) >= 11 is 0. The van der Waals surface area contributed by atoms with Crippen LogP contribution < -0.4 is 0 Å². The minimum atomic E-state index is -0.886. The van der Waals surface area contributed by atoms with Crippen molar-refractivity contribution in [1.82, 2.24) is 24.6 Å². The van der Waals surface area contributed by atoms with Crippen LogP contribution in [-0.2, 0) is 9.53 Å². The molecule has 0 bridgehead atoms. The number of carboxylic acid groups (broad SMARTS) is 1. The zero-order chi connectivity index (χ0) is 20.4. The number of carboxylic acids is 1. The van der Waals surface area contributed by atoms with Gasteiger partial charge in [-0.25, -0.2) is 9.67 Å². The maximum Gasteiger partial charge on any atom is 0.317 e. The van der Waals surface area contributed by atoms with Crippen LogP contribution in [0, 0.1) is 6.92 Å². The lowest BCUT2D eigenvalue weighted by Crippen LogP contribution is -2.49. The first-order valence-electron chi connectivity index (χ1n) is 9.42. The lowest BCUT2D eigenvalue weighted by atomic mass is 10.1. The SMILES string of the molecule is Cc1cc(C(=O)N2CCOC(CN(C)CC(=O)O)C2)c2cnn(C(C)C)c2n1. The third-order valence-corrected chi connectivity index (χ3v) is 4.76. The van der Waals surface area contributed by atoms with Crippen molar-refractivity contribution < 1.29 is 19.4 Å². The van der Waals surface area contributed by atoms with E-state index in [-0.39, 0.29) is 24.6 Å². The van der Waals surface area contributed by atoms with Crippen molar-refractivity contribution in [3.8, 4) is 0 Å². The molecule has 9 nitrogen and oxygen atoms in total. The van der Waals surface area contributed by atoms with Crippen molar-refractivity contribution in [2.45, 2.75) is 32.9 Å². The predicted octanol–water partition coefficient (Wildman–Crippen LogP) is 1.18. The molecular formula is C19H27N5O4. The van der Waals surface area contributed by atoms with Gasteiger partial charge in [0, 0.05) is 31.4 Å². The van der Waals surface area contributed by atoms with Crippen molar-refractivity contribution in [3.63, 3.8) is 0 Å². The van der Waals surface area contributed by atoms with Crippen LogP contribution in [0.2, 0.25) is 0 Å². The second kappa shape index (κ2) is 8.24. The van der Waals surface area contributed by atoms with Gasteiger partial charge in [-0.15, -0.1) is 0 Å². The number of ether oxygens (including phenoxy) is 1. The summed E-state index contributed by atoms with van der Waals surface area (Å²) in [5, 5.41) is 14.1. The average molecular weight is 389 g/mol. The first-order chi connectivity index (χ1) is 13.3. The molecule has 2 aromatic heterocycles. The van der Waals surface area contributed by atoms with Crippen LogP contribution in [0.4, 0.5) is 0 Å². The van der Waals surface area contributed by atoms with Gasteiger partial charge in [-0.3, -0.25) is 14.5 Å². The van der Waals surface area contributed by atoms with Crippen LogP contribution in [0.25, 0.3) is 11.0 Å². The first kappa shape index (κ1) is 20.2. The van der Waals surface area contributed by atoms with E-state index < -0.39 is 5.97 Å². The maximum absolute atomic E-state index is 13.3. The first-order valence-corrected chi connectivity index (χ1v) is 9.42. The number of aliphatic carboxylic acids is 1. The Morgan fingerprint density at radius 1 is 1.43 bits per heavy atom. The number of carbonyl (C=O) groups excluding carboxylic acids is 1. The number of morpholine rings is 1. The number of rotatable bonds is 6. The third-order valence-electron chi connectivity index (χ3n) is 4.76. The van der Waals surface area contributed by atoms with E-state index in [2.05, 4.69) is 10.1 Å². The Morgan fingerprint density at radius 2 is 2.18 bits per heavy atom. The highest BCUT2D eigenvalue weighted by molar-refractivity contribution is 6.05. The fraction of sp³-hybridized carbons (Fsp3) is 0.579. The molecule has 1 fully saturated rings. The van der Waals surface area contributed by atoms with Gasteiger partial charge in [0.2, 0.25) is 0 Å². The summed E-state index contributed by atoms with van der Waals surface area (Å²) in [7, 11) is 1.73. The van der Waals surface area contributed by atoms with Crippen molar-refractivity contribution in [1.29, 1.82) is 0 Å². The number of aryl methyl sites for hydroxylation is 1. The van der Waals surface area contributed by atoms with E-state index in [0.29, 0.717) is 37.5 Å². The van der Waals surface area contributed by atoms with Gasteiger partial charge in [-0.1, -0.05) is 0 Å². The summed E-state index contributed by atoms with van der Waals surface area (Å²) in [6.45, 7) is 7.66. The number of pyridine rings is 1. The van der Waals surface area contributed by atoms with Crippen molar-refractivity contribution in [2.24, 2.45) is 0 Å². The predicted molar refractivity (Wildman–Crippen MR) is 103 cm³/mol. The molecule has 1 saturated heterocycles. The van der Waals surface area contributed by atoms with E-state index >= 15 is 0 Å². The fourth-order valence-corrected chi connectivity index (χ4v) is 3.53. The molecule has 1 aliphatic heterocycles. The number of aromatic nitrogens is 3. The summed E-state index contributed by atoms with van der Waals surface area (Å²) in [6.07, 6.45) is 1.48. The molecule has 1 amide bonds. The molecule has 0 aromatic carbocycles. The van der Waals surface area contributed by atoms with E-state index in [9.17, 15) is 9.59 Å². The summed E-state index contributed by atoms with van der Waals surface area (Å²) in [4.78, 5) is 32.1. The van der Waals surface area contributed by atoms with E-state index in [0.717, 1.165) is 11.1 Å². The molecule has 2 aromatic rings. The Bertz CT molecular complexity index is 879. The molecule has 0 aliphatic carbocycles. The van der Waals surface area contributed by atoms with Crippen LogP contribution in [0.3, 0.4) is 0 Å². The number of carbonyl (C=O) groups is 2. The minimum Gasteiger partial charge on any atom is -0.480 e. The van der Waals surface area contributed by atoms with Crippen LogP contribution in [0.1, 0.15) is 35.9 Å². The van der Waals surface area contributed by atoms with Gasteiger partial charge < -0.3 is 14.7 Å². The lowest BCUT2D eigenvalue weighted by Gasteiger charge is -2.34. The Labute approximate surface area is 163 Å². The highest BCUT2D eigenvalue weighted by atomic mass is 16.5. The molecule has 0 saturated carbocycles. The van der Waals surface area contributed by atoms with Crippen molar-refractivity contribution >= 4 is 22.9 Å². The third kappa shape index (κ3) is 4.31. The normalized spacial score (nSPS) is 17.6. The zero-order valence-corrected chi connectivity index (χ0v) is 16.8. The quantitative estimate of drug-likeness (QED) is 0.792. The molecule has 1 unspecified atom stereocenters. The second-order valence-electron chi connectivity index (χ2n) is 7.57. The summed E-state index contributed by atoms with van der Waals surface area (Å²) < 4.78 is 7.56. The smallest absolute Gasteiger partial charge is 0.317 e. The van der Waals surface area contributed by atoms with E-state index in [1.54, 1.807) is 29.1 Å². The Balaban J connectivity index is 1.81. The van der Waals surface area contributed by atoms with E-state index in [1.165, 1.54) is 0 Å². The van der Waals surface area contributed by atoms with Gasteiger partial charge in [0.25, 0.3) is 5.91 Å². The van der Waals surface area contributed by atoms with Gasteiger partial charge in [-0.2, -0.15) is 5.10 Å². The number of amides is 1. The Kier molecular flexibility index (Phi) is 5.95. The number of hydrogen-bond acceptors (Lipinski definition) is 6. The van der Waals surface area contributed by atoms with Crippen molar-refractivity contribution in [3.05, 3.63) is 23.5 Å². The lowest BCUT2D eigenvalue weighted by molar-refractivity contribution is -0.138. The summed E-state index contributed by atoms with van der Waals surface area (Å²) in [6, 6.07) is 1.95. The molecule has 0 spiro atoms. The minimum absolute atomic E-state index is 0.0631. The Morgan fingerprint density at radius 3 is 2.86 bits per heavy atom. The van der Waals surface area contributed by atoms with Gasteiger partial charge in [-0.05, 0) is 33.9 Å². The van der Waals surface area contributed by atoms with Crippen molar-refractivity contribution in [2.75, 3.05) is 39.8 Å². The largest absolute Gasteiger partial charge is 0.480 e. The molecule has 1 N–H and O–H groups in total. The number of hydrogen-bond donors (Lipinski definition) is 1. The number of likely N-dealkylation sites (N-methyl/N-ethyl adjacent to an activating group) is 1. The molecule has 28 heavy (non-hydrogen) atoms. The molecule has 152 valence electrons. The molecule has 9 heteroatoms. The standard InChI is InChI=1S/C19H27N5O4/c1-12(2)24-18-16(8-20-24)15(7-13(3)21-18)19(27)23-5-6-28-14(10-23)9-22(4)11-17(25)26/h7-8,12,14H,5-6,9-11H2,1-4H3,(H,25,26). The van der Waals surface area contributed by atoms with E-state index in [4.69, 9.17) is 9.84 Å². The zero-order valence-electron chi connectivity index (χ0n) is 16.8. The van der Waals surface area contributed by atoms with Crippen LogP contribution in [-0.4, -0.2) is 87.5 Å². The molecule has 0 radical (unpaired) electrons. The molecule has 3 rings (SSSR count). The number of fused-ring (bicyclic) bond motifs is 1. The van der Waals surface area contributed by atoms with Crippen LogP contribution >= 0.6 is 0 Å². The number of nitrogens with zero attached hydrogens (tertiary/aromatic N) is 5. The van der Waals surface area contributed by atoms with Gasteiger partial charge >= 0.3 is 5.97 Å². The van der Waals surface area contributed by atoms with Gasteiger partial charge in [0.1, 0.15) is 0 Å². The molecule has 1 atom stereocenters. The summed E-state index contributed by atoms with van der Waals surface area (Å²) in [5.41, 5.74) is 2.07. The fourth-order valence-electron chi connectivity index (χ4n) is 3.53. The molecular weight excluding hydrogens is 362 g/mol. The van der Waals surface area contributed by atoms with E-state index in [1.807, 2.05) is 25.5 Å². The molecule has 3 heterocycles. The highest BCUT2D eigenvalue weighted by Gasteiger charge is 2.28. The Hall–Kier alpha value is -2.52. The molecule has 1 aliphatic rings. The maximum atomic E-state index is 13.3. The van der Waals surface area contributed by atoms with Crippen LogP contribution in [0.15, 0.2) is 12.3 Å². The van der Waals surface area contributed by atoms with Gasteiger partial charge in [0.05, 0.1) is 36.4 Å². The second-order valence-corrected chi connectivity index (χ2v) is 7.57. The monoisotopic (exact) mass is 389 g/mol. The van der Waals surface area contributed by atoms with Crippen LogP contribution in [0.5, 0.6) is 0 Å². The average Bonchev–Trinajstić information content (AvgIpc) is 3.03. The topological polar surface area (TPSA) is 101 Å². The van der Waals surface area contributed by atoms with Gasteiger partial charge in [0.15, 0.2) is 5.65 Å².